The first-order valence-electron chi connectivity index (χ1n) is 4.48. The molecule has 1 aromatic rings. The molecule has 0 saturated heterocycles. The Morgan fingerprint density at radius 2 is 2.00 bits per heavy atom. The summed E-state index contributed by atoms with van der Waals surface area (Å²) in [5, 5.41) is 8.26. The minimum atomic E-state index is 0.475. The lowest BCUT2D eigenvalue weighted by Crippen LogP contribution is -2.00. The molecule has 0 aliphatic rings. The summed E-state index contributed by atoms with van der Waals surface area (Å²) in [5.74, 6) is 0.475. The molecule has 0 aromatic carbocycles. The molecule has 1 rings (SSSR count). The van der Waals surface area contributed by atoms with Gasteiger partial charge in [0.15, 0.2) is 0 Å². The van der Waals surface area contributed by atoms with E-state index in [0.29, 0.717) is 5.92 Å². The topological polar surface area (TPSA) is 25.8 Å². The highest BCUT2D eigenvalue weighted by Gasteiger charge is 2.04. The van der Waals surface area contributed by atoms with E-state index >= 15 is 0 Å². The summed E-state index contributed by atoms with van der Waals surface area (Å²) in [6, 6.07) is 2.16. The SMILES string of the molecule is CCc1cc(C(C)C)nnc1C. The molecule has 0 unspecified atom stereocenters. The summed E-state index contributed by atoms with van der Waals surface area (Å²) in [5.41, 5.74) is 3.47. The summed E-state index contributed by atoms with van der Waals surface area (Å²) in [4.78, 5) is 0. The minimum absolute atomic E-state index is 0.475. The number of nitrogens with zero attached hydrogens (tertiary/aromatic N) is 2. The second-order valence-electron chi connectivity index (χ2n) is 3.39. The van der Waals surface area contributed by atoms with Crippen molar-refractivity contribution in [3.63, 3.8) is 0 Å². The molecule has 2 nitrogen and oxygen atoms in total. The molecule has 2 heteroatoms. The van der Waals surface area contributed by atoms with Crippen LogP contribution >= 0.6 is 0 Å². The maximum atomic E-state index is 4.14. The van der Waals surface area contributed by atoms with Gasteiger partial charge in [-0.15, -0.1) is 0 Å². The Balaban J connectivity index is 3.05. The molecule has 1 heterocycles. The zero-order chi connectivity index (χ0) is 9.14. The summed E-state index contributed by atoms with van der Waals surface area (Å²) in [6.07, 6.45) is 1.04. The Hall–Kier alpha value is -0.920. The van der Waals surface area contributed by atoms with Crippen LogP contribution in [0.15, 0.2) is 6.07 Å². The molecule has 0 bridgehead atoms. The van der Waals surface area contributed by atoms with Crippen molar-refractivity contribution in [2.45, 2.75) is 40.0 Å². The highest BCUT2D eigenvalue weighted by atomic mass is 15.1. The van der Waals surface area contributed by atoms with Crippen molar-refractivity contribution in [2.24, 2.45) is 0 Å². The fraction of sp³-hybridized carbons (Fsp3) is 0.600. The largest absolute Gasteiger partial charge is 0.155 e. The first-order valence-corrected chi connectivity index (χ1v) is 4.48. The van der Waals surface area contributed by atoms with Crippen LogP contribution in [0.1, 0.15) is 43.6 Å². The molecule has 0 atom stereocenters. The summed E-state index contributed by atoms with van der Waals surface area (Å²) in [6.45, 7) is 8.43. The number of rotatable bonds is 2. The first-order chi connectivity index (χ1) is 5.65. The van der Waals surface area contributed by atoms with Crippen molar-refractivity contribution in [3.05, 3.63) is 23.0 Å². The molecule has 0 N–H and O–H groups in total. The highest BCUT2D eigenvalue weighted by molar-refractivity contribution is 5.21. The maximum Gasteiger partial charge on any atom is 0.0659 e. The molecule has 0 saturated carbocycles. The van der Waals surface area contributed by atoms with Gasteiger partial charge in [-0.2, -0.15) is 10.2 Å². The maximum absolute atomic E-state index is 4.14. The van der Waals surface area contributed by atoms with Crippen LogP contribution in [0.3, 0.4) is 0 Å². The van der Waals surface area contributed by atoms with Crippen molar-refractivity contribution >= 4 is 0 Å². The van der Waals surface area contributed by atoms with E-state index in [2.05, 4.69) is 37.0 Å². The minimum Gasteiger partial charge on any atom is -0.155 e. The Morgan fingerprint density at radius 1 is 1.33 bits per heavy atom. The van der Waals surface area contributed by atoms with Crippen molar-refractivity contribution in [1.82, 2.24) is 10.2 Å². The molecular formula is C10H16N2. The number of hydrogen-bond acceptors (Lipinski definition) is 2. The van der Waals surface area contributed by atoms with Crippen LogP contribution in [0, 0.1) is 6.92 Å². The lowest BCUT2D eigenvalue weighted by atomic mass is 10.1. The van der Waals surface area contributed by atoms with E-state index in [1.165, 1.54) is 5.56 Å². The van der Waals surface area contributed by atoms with Crippen LogP contribution in [-0.2, 0) is 6.42 Å². The predicted molar refractivity (Wildman–Crippen MR) is 50.2 cm³/mol. The number of hydrogen-bond donors (Lipinski definition) is 0. The van der Waals surface area contributed by atoms with Gasteiger partial charge in [-0.3, -0.25) is 0 Å². The van der Waals surface area contributed by atoms with Crippen molar-refractivity contribution in [2.75, 3.05) is 0 Å². The second kappa shape index (κ2) is 3.65. The molecule has 12 heavy (non-hydrogen) atoms. The van der Waals surface area contributed by atoms with Crippen LogP contribution < -0.4 is 0 Å². The Morgan fingerprint density at radius 3 is 2.50 bits per heavy atom. The van der Waals surface area contributed by atoms with Crippen LogP contribution in [0.5, 0.6) is 0 Å². The van der Waals surface area contributed by atoms with Crippen LogP contribution in [0.2, 0.25) is 0 Å². The zero-order valence-corrected chi connectivity index (χ0v) is 8.26. The van der Waals surface area contributed by atoms with E-state index in [-0.39, 0.29) is 0 Å². The highest BCUT2D eigenvalue weighted by Crippen LogP contribution is 2.13. The van der Waals surface area contributed by atoms with Gasteiger partial charge in [0.25, 0.3) is 0 Å². The van der Waals surface area contributed by atoms with Gasteiger partial charge in [0.1, 0.15) is 0 Å². The third-order valence-electron chi connectivity index (χ3n) is 2.07. The zero-order valence-electron chi connectivity index (χ0n) is 8.26. The molecule has 0 aliphatic heterocycles. The molecule has 0 aliphatic carbocycles. The number of aryl methyl sites for hydroxylation is 2. The Bertz CT molecular complexity index is 267. The van der Waals surface area contributed by atoms with Crippen LogP contribution in [-0.4, -0.2) is 10.2 Å². The van der Waals surface area contributed by atoms with E-state index in [1.54, 1.807) is 0 Å². The van der Waals surface area contributed by atoms with Crippen molar-refractivity contribution in [3.8, 4) is 0 Å². The van der Waals surface area contributed by atoms with Gasteiger partial charge in [0.05, 0.1) is 11.4 Å². The monoisotopic (exact) mass is 164 g/mol. The van der Waals surface area contributed by atoms with Crippen LogP contribution in [0.4, 0.5) is 0 Å². The fourth-order valence-corrected chi connectivity index (χ4v) is 1.15. The molecule has 1 aromatic heterocycles. The quantitative estimate of drug-likeness (QED) is 0.671. The third kappa shape index (κ3) is 1.81. The third-order valence-corrected chi connectivity index (χ3v) is 2.07. The predicted octanol–water partition coefficient (Wildman–Crippen LogP) is 2.47. The van der Waals surface area contributed by atoms with Crippen molar-refractivity contribution in [1.29, 1.82) is 0 Å². The molecular weight excluding hydrogens is 148 g/mol. The standard InChI is InChI=1S/C10H16N2/c1-5-9-6-10(7(2)3)12-11-8(9)4/h6-7H,5H2,1-4H3. The normalized spacial score (nSPS) is 10.8. The van der Waals surface area contributed by atoms with E-state index in [1.807, 2.05) is 6.92 Å². The van der Waals surface area contributed by atoms with E-state index in [9.17, 15) is 0 Å². The summed E-state index contributed by atoms with van der Waals surface area (Å²) in [7, 11) is 0. The van der Waals surface area contributed by atoms with E-state index in [4.69, 9.17) is 0 Å². The molecule has 66 valence electrons. The summed E-state index contributed by atoms with van der Waals surface area (Å²) < 4.78 is 0. The van der Waals surface area contributed by atoms with E-state index in [0.717, 1.165) is 17.8 Å². The van der Waals surface area contributed by atoms with Gasteiger partial charge < -0.3 is 0 Å². The van der Waals surface area contributed by atoms with Gasteiger partial charge in [0.2, 0.25) is 0 Å². The Kier molecular flexibility index (Phi) is 2.79. The lowest BCUT2D eigenvalue weighted by Gasteiger charge is -2.06. The lowest BCUT2D eigenvalue weighted by molar-refractivity contribution is 0.767. The van der Waals surface area contributed by atoms with Gasteiger partial charge in [0, 0.05) is 0 Å². The number of aromatic nitrogens is 2. The van der Waals surface area contributed by atoms with Crippen LogP contribution in [0.25, 0.3) is 0 Å². The molecule has 0 radical (unpaired) electrons. The van der Waals surface area contributed by atoms with E-state index < -0.39 is 0 Å². The second-order valence-corrected chi connectivity index (χ2v) is 3.39. The average molecular weight is 164 g/mol. The molecule has 0 spiro atoms. The van der Waals surface area contributed by atoms with Gasteiger partial charge in [-0.05, 0) is 30.9 Å². The van der Waals surface area contributed by atoms with Gasteiger partial charge in [-0.1, -0.05) is 20.8 Å². The van der Waals surface area contributed by atoms with Gasteiger partial charge >= 0.3 is 0 Å². The molecule has 0 amide bonds. The fourth-order valence-electron chi connectivity index (χ4n) is 1.15. The average Bonchev–Trinajstić information content (AvgIpc) is 2.05. The Labute approximate surface area is 74.0 Å². The van der Waals surface area contributed by atoms with Crippen molar-refractivity contribution < 1.29 is 0 Å². The molecule has 0 fully saturated rings. The first kappa shape index (κ1) is 9.17. The smallest absolute Gasteiger partial charge is 0.0659 e. The van der Waals surface area contributed by atoms with Gasteiger partial charge in [-0.25, -0.2) is 0 Å². The summed E-state index contributed by atoms with van der Waals surface area (Å²) >= 11 is 0.